The van der Waals surface area contributed by atoms with Gasteiger partial charge in [0.05, 0.1) is 11.4 Å². The number of hydrogen-bond acceptors (Lipinski definition) is 6. The lowest BCUT2D eigenvalue weighted by molar-refractivity contribution is 0.488. The zero-order valence-corrected chi connectivity index (χ0v) is 54.5. The van der Waals surface area contributed by atoms with Crippen molar-refractivity contribution in [2.75, 3.05) is 24.5 Å². The van der Waals surface area contributed by atoms with E-state index in [1.165, 1.54) is 60.1 Å². The fourth-order valence-electron chi connectivity index (χ4n) is 16.7. The third-order valence-corrected chi connectivity index (χ3v) is 20.8. The van der Waals surface area contributed by atoms with E-state index in [2.05, 4.69) is 395 Å². The number of fused-ring (bicyclic) bond motifs is 10. The Labute approximate surface area is 582 Å². The zero-order chi connectivity index (χ0) is 65.8. The molecule has 8 heteroatoms. The van der Waals surface area contributed by atoms with Gasteiger partial charge in [-0.15, -0.1) is 0 Å². The van der Waals surface area contributed by atoms with Crippen molar-refractivity contribution in [2.45, 2.75) is 0 Å². The number of nitrogens with zero attached hydrogens (tertiary/aromatic N) is 5. The van der Waals surface area contributed by atoms with Gasteiger partial charge < -0.3 is 29.2 Å². The highest BCUT2D eigenvalue weighted by Crippen LogP contribution is 2.52. The molecule has 0 spiro atoms. The van der Waals surface area contributed by atoms with Crippen molar-refractivity contribution in [1.29, 1.82) is 0 Å². The number of hydrogen-bond donors (Lipinski definition) is 0. The van der Waals surface area contributed by atoms with Crippen molar-refractivity contribution >= 4 is 153 Å². The summed E-state index contributed by atoms with van der Waals surface area (Å²) in [4.78, 5) is 12.3. The first-order valence-corrected chi connectivity index (χ1v) is 34.5. The zero-order valence-electron chi connectivity index (χ0n) is 54.5. The van der Waals surface area contributed by atoms with Crippen LogP contribution in [-0.2, 0) is 0 Å². The van der Waals surface area contributed by atoms with Gasteiger partial charge in [0.15, 0.2) is 0 Å². The van der Waals surface area contributed by atoms with Crippen molar-refractivity contribution < 1.29 is 4.74 Å². The van der Waals surface area contributed by atoms with Crippen LogP contribution in [0, 0.1) is 0 Å². The Kier molecular flexibility index (Phi) is 13.4. The van der Waals surface area contributed by atoms with Gasteiger partial charge in [-0.05, 0) is 192 Å². The summed E-state index contributed by atoms with van der Waals surface area (Å²) in [6.45, 7) is -0.410. The molecule has 0 radical (unpaired) electrons. The molecule has 16 aromatic carbocycles. The summed E-state index contributed by atoms with van der Waals surface area (Å²) in [5, 5.41) is 4.87. The summed E-state index contributed by atoms with van der Waals surface area (Å²) in [5.74, 6) is 1.63. The second-order valence-corrected chi connectivity index (χ2v) is 26.3. The quantitative estimate of drug-likeness (QED) is 0.0946. The van der Waals surface area contributed by atoms with E-state index in [-0.39, 0.29) is 13.4 Å². The van der Waals surface area contributed by atoms with Gasteiger partial charge in [0, 0.05) is 86.1 Å². The van der Waals surface area contributed by atoms with E-state index in [4.69, 9.17) is 4.74 Å². The Balaban J connectivity index is 0.865. The molecule has 0 bridgehead atoms. The van der Waals surface area contributed by atoms with Crippen LogP contribution in [-0.4, -0.2) is 13.4 Å². The standard InChI is InChI=1S/C92H61B2N5O/c1-8-30-62(31-9-1)89-73-44-22-24-46-75(73)90(76-47-25-23-45-74(76)89)63-52-54-70(55-53-63)99-83-61-87-80(94-78-49-27-29-51-82(78)98(69-42-20-7-21-43-69)86-58-72(59-88(100-87)92(86)94)96(66-36-14-4-15-37-66)67-38-16-5-17-39-67)60-79(83)93-77-48-26-28-50-81(77)97(68-40-18-6-19-41-68)84-56-71(57-85(99)91(84)93)95(64-32-10-2-11-33-64)65-34-12-3-13-35-65/h1-61H. The SMILES string of the molecule is c1ccc(-c2c3ccccc3c(-c3ccc(N4c5cc6c(cc5B5c7ccccc7N(c7ccccc7)c7cc(N(c8ccccc8)c8ccccc8)cc4c75)B4c5ccccc5N(c5ccccc5)c5cc(N(c7ccccc7)c7ccccc7)cc(c54)O6)cc3)c3ccccc23)cc1. The second kappa shape index (κ2) is 23.4. The second-order valence-electron chi connectivity index (χ2n) is 26.3. The molecular weight excluding hydrogens is 1210 g/mol. The summed E-state index contributed by atoms with van der Waals surface area (Å²) in [6.07, 6.45) is 0. The van der Waals surface area contributed by atoms with Crippen LogP contribution in [0.2, 0.25) is 0 Å². The van der Waals surface area contributed by atoms with Crippen LogP contribution in [0.15, 0.2) is 370 Å². The average molecular weight is 1270 g/mol. The molecule has 0 N–H and O–H groups in total. The van der Waals surface area contributed by atoms with Crippen LogP contribution in [0.25, 0.3) is 43.8 Å². The van der Waals surface area contributed by atoms with Crippen LogP contribution in [0.5, 0.6) is 11.5 Å². The maximum absolute atomic E-state index is 7.86. The molecule has 4 heterocycles. The van der Waals surface area contributed by atoms with Crippen LogP contribution >= 0.6 is 0 Å². The van der Waals surface area contributed by atoms with Gasteiger partial charge in [-0.1, -0.05) is 243 Å². The largest absolute Gasteiger partial charge is 0.458 e. The van der Waals surface area contributed by atoms with E-state index >= 15 is 0 Å². The molecule has 0 saturated heterocycles. The van der Waals surface area contributed by atoms with Crippen LogP contribution < -0.4 is 62.0 Å². The first kappa shape index (κ1) is 57.2. The minimum absolute atomic E-state index is 0.204. The van der Waals surface area contributed by atoms with Gasteiger partial charge in [0.25, 0.3) is 13.4 Å². The summed E-state index contributed by atoms with van der Waals surface area (Å²) >= 11 is 0. The first-order valence-electron chi connectivity index (χ1n) is 34.5. The molecule has 0 fully saturated rings. The van der Waals surface area contributed by atoms with E-state index in [0.29, 0.717) is 0 Å². The van der Waals surface area contributed by atoms with Gasteiger partial charge in [-0.3, -0.25) is 0 Å². The Morgan fingerprint density at radius 2 is 0.560 bits per heavy atom. The molecule has 100 heavy (non-hydrogen) atoms. The molecular formula is C92H61B2N5O. The molecule has 16 aromatic rings. The van der Waals surface area contributed by atoms with E-state index in [1.807, 2.05) is 0 Å². The van der Waals surface area contributed by atoms with Crippen LogP contribution in [0.4, 0.5) is 85.3 Å². The summed E-state index contributed by atoms with van der Waals surface area (Å²) in [6, 6.07) is 136. The minimum Gasteiger partial charge on any atom is -0.458 e. The highest BCUT2D eigenvalue weighted by atomic mass is 16.5. The van der Waals surface area contributed by atoms with Crippen LogP contribution in [0.3, 0.4) is 0 Å². The lowest BCUT2D eigenvalue weighted by Crippen LogP contribution is -2.64. The molecule has 0 aliphatic carbocycles. The van der Waals surface area contributed by atoms with E-state index < -0.39 is 0 Å². The number of anilines is 15. The van der Waals surface area contributed by atoms with Crippen molar-refractivity contribution in [3.8, 4) is 33.8 Å². The molecule has 0 atom stereocenters. The predicted molar refractivity (Wildman–Crippen MR) is 422 cm³/mol. The maximum Gasteiger partial charge on any atom is 0.256 e. The van der Waals surface area contributed by atoms with Crippen molar-refractivity contribution in [3.63, 3.8) is 0 Å². The molecule has 466 valence electrons. The Morgan fingerprint density at radius 1 is 0.220 bits per heavy atom. The molecule has 4 aliphatic heterocycles. The third-order valence-electron chi connectivity index (χ3n) is 20.8. The minimum atomic E-state index is -0.206. The topological polar surface area (TPSA) is 25.4 Å². The molecule has 4 aliphatic rings. The van der Waals surface area contributed by atoms with Gasteiger partial charge >= 0.3 is 0 Å². The van der Waals surface area contributed by atoms with Crippen molar-refractivity contribution in [2.24, 2.45) is 0 Å². The maximum atomic E-state index is 7.86. The number of rotatable bonds is 11. The summed E-state index contributed by atoms with van der Waals surface area (Å²) in [5.41, 5.74) is 27.9. The summed E-state index contributed by atoms with van der Waals surface area (Å²) in [7, 11) is 0. The van der Waals surface area contributed by atoms with Gasteiger partial charge in [-0.2, -0.15) is 0 Å². The summed E-state index contributed by atoms with van der Waals surface area (Å²) < 4.78 is 7.86. The first-order chi connectivity index (χ1) is 49.7. The Bertz CT molecular complexity index is 5720. The predicted octanol–water partition coefficient (Wildman–Crippen LogP) is 20.8. The van der Waals surface area contributed by atoms with Gasteiger partial charge in [-0.25, -0.2) is 0 Å². The lowest BCUT2D eigenvalue weighted by Gasteiger charge is -2.46. The molecule has 6 nitrogen and oxygen atoms in total. The third kappa shape index (κ3) is 9.07. The highest BCUT2D eigenvalue weighted by Gasteiger charge is 2.48. The van der Waals surface area contributed by atoms with E-state index in [1.54, 1.807) is 0 Å². The molecule has 0 unspecified atom stereocenters. The van der Waals surface area contributed by atoms with E-state index in [9.17, 15) is 0 Å². The molecule has 0 saturated carbocycles. The average Bonchev–Trinajstić information content (AvgIpc) is 0.692. The number of ether oxygens (including phenoxy) is 1. The molecule has 0 aromatic heterocycles. The molecule has 20 rings (SSSR count). The van der Waals surface area contributed by atoms with Crippen LogP contribution in [0.1, 0.15) is 0 Å². The monoisotopic (exact) mass is 1270 g/mol. The Hall–Kier alpha value is -13.0. The molecule has 0 amide bonds. The van der Waals surface area contributed by atoms with Gasteiger partial charge in [0.2, 0.25) is 0 Å². The number of benzene rings is 16. The normalized spacial score (nSPS) is 12.8. The highest BCUT2D eigenvalue weighted by molar-refractivity contribution is 7.02. The smallest absolute Gasteiger partial charge is 0.256 e. The van der Waals surface area contributed by atoms with Crippen molar-refractivity contribution in [1.82, 2.24) is 0 Å². The fourth-order valence-corrected chi connectivity index (χ4v) is 16.7. The lowest BCUT2D eigenvalue weighted by atomic mass is 9.30. The fraction of sp³-hybridized carbons (Fsp3) is 0. The Morgan fingerprint density at radius 3 is 1.01 bits per heavy atom. The van der Waals surface area contributed by atoms with Crippen molar-refractivity contribution in [3.05, 3.63) is 370 Å². The van der Waals surface area contributed by atoms with E-state index in [0.717, 1.165) is 113 Å². The number of para-hydroxylation sites is 8. The van der Waals surface area contributed by atoms with Gasteiger partial charge in [0.1, 0.15) is 11.5 Å².